The number of nitro benzene ring substituents is 1. The van der Waals surface area contributed by atoms with Gasteiger partial charge in [-0.25, -0.2) is 9.18 Å². The Hall–Kier alpha value is -2.71. The van der Waals surface area contributed by atoms with Crippen LogP contribution in [0.2, 0.25) is 10.0 Å². The number of rotatable bonds is 5. The highest BCUT2D eigenvalue weighted by molar-refractivity contribution is 6.32. The maximum absolute atomic E-state index is 13.0. The first kappa shape index (κ1) is 18.6. The molecule has 0 fully saturated rings. The summed E-state index contributed by atoms with van der Waals surface area (Å²) < 4.78 is 17.8. The number of esters is 1. The molecule has 0 saturated carbocycles. The van der Waals surface area contributed by atoms with E-state index >= 15 is 0 Å². The van der Waals surface area contributed by atoms with Crippen molar-refractivity contribution >= 4 is 46.5 Å². The first-order valence-corrected chi connectivity index (χ1v) is 7.39. The molecule has 0 spiro atoms. The van der Waals surface area contributed by atoms with Crippen LogP contribution in [0.4, 0.5) is 15.8 Å². The van der Waals surface area contributed by atoms with Gasteiger partial charge >= 0.3 is 5.97 Å². The molecule has 1 amide bonds. The fraction of sp³-hybridized carbons (Fsp3) is 0.0667. The molecule has 2 aromatic carbocycles. The van der Waals surface area contributed by atoms with Gasteiger partial charge < -0.3 is 10.1 Å². The standard InChI is InChI=1S/C15H9Cl2FN2O5/c16-10-3-1-8(5-13(10)20(23)24)15(22)25-7-14(21)19-9-2-4-12(18)11(17)6-9/h1-6H,7H2,(H,19,21). The molecular weight excluding hydrogens is 378 g/mol. The topological polar surface area (TPSA) is 98.5 Å². The highest BCUT2D eigenvalue weighted by Gasteiger charge is 2.18. The smallest absolute Gasteiger partial charge is 0.338 e. The van der Waals surface area contributed by atoms with Crippen molar-refractivity contribution in [2.75, 3.05) is 11.9 Å². The van der Waals surface area contributed by atoms with Crippen molar-refractivity contribution in [3.63, 3.8) is 0 Å². The minimum absolute atomic E-state index is 0.131. The molecule has 25 heavy (non-hydrogen) atoms. The van der Waals surface area contributed by atoms with E-state index in [0.29, 0.717) is 0 Å². The fourth-order valence-corrected chi connectivity index (χ4v) is 2.13. The number of carbonyl (C=O) groups is 2. The summed E-state index contributed by atoms with van der Waals surface area (Å²) in [6.07, 6.45) is 0. The lowest BCUT2D eigenvalue weighted by Crippen LogP contribution is -2.21. The van der Waals surface area contributed by atoms with Crippen LogP contribution < -0.4 is 5.32 Å². The predicted octanol–water partition coefficient (Wildman–Crippen LogP) is 3.84. The van der Waals surface area contributed by atoms with Crippen LogP contribution in [0.1, 0.15) is 10.4 Å². The molecular formula is C15H9Cl2FN2O5. The molecule has 0 radical (unpaired) electrons. The molecule has 0 atom stereocenters. The summed E-state index contributed by atoms with van der Waals surface area (Å²) in [6.45, 7) is -0.649. The number of halogens is 3. The molecule has 0 aromatic heterocycles. The van der Waals surface area contributed by atoms with Crippen LogP contribution in [-0.2, 0) is 9.53 Å². The zero-order valence-corrected chi connectivity index (χ0v) is 13.8. The van der Waals surface area contributed by atoms with E-state index in [1.54, 1.807) is 0 Å². The Morgan fingerprint density at radius 3 is 2.52 bits per heavy atom. The second-order valence-electron chi connectivity index (χ2n) is 4.68. The molecule has 0 aliphatic rings. The van der Waals surface area contributed by atoms with Crippen LogP contribution in [0.5, 0.6) is 0 Å². The lowest BCUT2D eigenvalue weighted by atomic mass is 10.2. The number of benzene rings is 2. The van der Waals surface area contributed by atoms with Gasteiger partial charge in [0.25, 0.3) is 11.6 Å². The molecule has 0 aliphatic heterocycles. The van der Waals surface area contributed by atoms with Gasteiger partial charge in [-0.15, -0.1) is 0 Å². The number of anilines is 1. The zero-order chi connectivity index (χ0) is 18.6. The molecule has 10 heteroatoms. The maximum atomic E-state index is 13.0. The van der Waals surface area contributed by atoms with Gasteiger partial charge in [0.2, 0.25) is 0 Å². The number of nitrogens with zero attached hydrogens (tertiary/aromatic N) is 1. The second-order valence-corrected chi connectivity index (χ2v) is 5.49. The van der Waals surface area contributed by atoms with Crippen molar-refractivity contribution in [3.05, 3.63) is 67.9 Å². The third-order valence-electron chi connectivity index (χ3n) is 2.92. The van der Waals surface area contributed by atoms with Crippen molar-refractivity contribution < 1.29 is 23.6 Å². The van der Waals surface area contributed by atoms with E-state index in [-0.39, 0.29) is 21.3 Å². The van der Waals surface area contributed by atoms with Crippen LogP contribution in [-0.4, -0.2) is 23.4 Å². The van der Waals surface area contributed by atoms with Gasteiger partial charge in [-0.05, 0) is 30.3 Å². The van der Waals surface area contributed by atoms with Gasteiger partial charge in [-0.3, -0.25) is 14.9 Å². The summed E-state index contributed by atoms with van der Waals surface area (Å²) in [5, 5.41) is 12.8. The van der Waals surface area contributed by atoms with Gasteiger partial charge in [0.15, 0.2) is 6.61 Å². The molecule has 0 heterocycles. The largest absolute Gasteiger partial charge is 0.452 e. The lowest BCUT2D eigenvalue weighted by Gasteiger charge is -2.07. The summed E-state index contributed by atoms with van der Waals surface area (Å²) in [6, 6.07) is 6.90. The maximum Gasteiger partial charge on any atom is 0.338 e. The SMILES string of the molecule is O=C(COC(=O)c1ccc(Cl)c([N+](=O)[O-])c1)Nc1ccc(F)c(Cl)c1. The molecule has 130 valence electrons. The van der Waals surface area contributed by atoms with Crippen molar-refractivity contribution in [2.24, 2.45) is 0 Å². The van der Waals surface area contributed by atoms with Crippen molar-refractivity contribution in [1.29, 1.82) is 0 Å². The van der Waals surface area contributed by atoms with Gasteiger partial charge in [0.05, 0.1) is 15.5 Å². The van der Waals surface area contributed by atoms with E-state index < -0.39 is 34.9 Å². The third-order valence-corrected chi connectivity index (χ3v) is 3.53. The molecule has 2 aromatic rings. The van der Waals surface area contributed by atoms with Crippen LogP contribution in [0.3, 0.4) is 0 Å². The first-order chi connectivity index (χ1) is 11.8. The predicted molar refractivity (Wildman–Crippen MR) is 88.4 cm³/mol. The van der Waals surface area contributed by atoms with Crippen molar-refractivity contribution in [2.45, 2.75) is 0 Å². The van der Waals surface area contributed by atoms with Gasteiger partial charge in [-0.2, -0.15) is 0 Å². The number of hydrogen-bond donors (Lipinski definition) is 1. The number of carbonyl (C=O) groups excluding carboxylic acids is 2. The Bertz CT molecular complexity index is 860. The monoisotopic (exact) mass is 386 g/mol. The average Bonchev–Trinajstić information content (AvgIpc) is 2.56. The molecule has 0 saturated heterocycles. The Morgan fingerprint density at radius 2 is 1.88 bits per heavy atom. The van der Waals surface area contributed by atoms with Crippen LogP contribution in [0, 0.1) is 15.9 Å². The van der Waals surface area contributed by atoms with Crippen LogP contribution >= 0.6 is 23.2 Å². The van der Waals surface area contributed by atoms with E-state index in [2.05, 4.69) is 5.32 Å². The summed E-state index contributed by atoms with van der Waals surface area (Å²) in [7, 11) is 0. The van der Waals surface area contributed by atoms with E-state index in [0.717, 1.165) is 12.1 Å². The molecule has 7 nitrogen and oxygen atoms in total. The van der Waals surface area contributed by atoms with E-state index in [4.69, 9.17) is 27.9 Å². The van der Waals surface area contributed by atoms with Crippen LogP contribution in [0.15, 0.2) is 36.4 Å². The highest BCUT2D eigenvalue weighted by Crippen LogP contribution is 2.25. The first-order valence-electron chi connectivity index (χ1n) is 6.64. The minimum Gasteiger partial charge on any atom is -0.452 e. The normalized spacial score (nSPS) is 10.2. The molecule has 0 unspecified atom stereocenters. The summed E-state index contributed by atoms with van der Waals surface area (Å²) in [5.74, 6) is -2.28. The Labute approximate surface area is 150 Å². The van der Waals surface area contributed by atoms with Crippen molar-refractivity contribution in [3.8, 4) is 0 Å². The molecule has 0 aliphatic carbocycles. The highest BCUT2D eigenvalue weighted by atomic mass is 35.5. The third kappa shape index (κ3) is 4.88. The Morgan fingerprint density at radius 1 is 1.16 bits per heavy atom. The lowest BCUT2D eigenvalue weighted by molar-refractivity contribution is -0.384. The van der Waals surface area contributed by atoms with Crippen molar-refractivity contribution in [1.82, 2.24) is 0 Å². The Balaban J connectivity index is 1.97. The second kappa shape index (κ2) is 7.91. The summed E-state index contributed by atoms with van der Waals surface area (Å²) in [5.41, 5.74) is -0.371. The number of hydrogen-bond acceptors (Lipinski definition) is 5. The summed E-state index contributed by atoms with van der Waals surface area (Å²) >= 11 is 11.2. The van der Waals surface area contributed by atoms with Gasteiger partial charge in [-0.1, -0.05) is 23.2 Å². The quantitative estimate of drug-likeness (QED) is 0.478. The zero-order valence-electron chi connectivity index (χ0n) is 12.3. The molecule has 1 N–H and O–H groups in total. The average molecular weight is 387 g/mol. The van der Waals surface area contributed by atoms with E-state index in [1.807, 2.05) is 0 Å². The van der Waals surface area contributed by atoms with E-state index in [1.165, 1.54) is 24.3 Å². The number of amides is 1. The molecule has 2 rings (SSSR count). The van der Waals surface area contributed by atoms with Gasteiger partial charge in [0.1, 0.15) is 10.8 Å². The number of nitrogens with one attached hydrogen (secondary N) is 1. The minimum atomic E-state index is -0.938. The van der Waals surface area contributed by atoms with Gasteiger partial charge in [0, 0.05) is 11.8 Å². The molecule has 0 bridgehead atoms. The van der Waals surface area contributed by atoms with Crippen LogP contribution in [0.25, 0.3) is 0 Å². The fourth-order valence-electron chi connectivity index (χ4n) is 1.76. The Kier molecular flexibility index (Phi) is 5.89. The van der Waals surface area contributed by atoms with E-state index in [9.17, 15) is 24.1 Å². The number of ether oxygens (including phenoxy) is 1. The summed E-state index contributed by atoms with van der Waals surface area (Å²) in [4.78, 5) is 33.6. The number of nitro groups is 1.